The Morgan fingerprint density at radius 1 is 1.27 bits per heavy atom. The number of benzene rings is 1. The van der Waals surface area contributed by atoms with E-state index in [4.69, 9.17) is 11.6 Å². The van der Waals surface area contributed by atoms with Crippen molar-refractivity contribution < 1.29 is 0 Å². The van der Waals surface area contributed by atoms with Gasteiger partial charge in [0.25, 0.3) is 0 Å². The molecule has 1 aliphatic rings. The first kappa shape index (κ1) is 13.7. The zero-order chi connectivity index (χ0) is 14.9. The van der Waals surface area contributed by atoms with Gasteiger partial charge in [0.2, 0.25) is 0 Å². The van der Waals surface area contributed by atoms with E-state index < -0.39 is 0 Å². The second-order valence-corrected chi connectivity index (χ2v) is 5.98. The average molecular weight is 314 g/mol. The van der Waals surface area contributed by atoms with E-state index in [9.17, 15) is 0 Å². The molecule has 1 aromatic carbocycles. The van der Waals surface area contributed by atoms with E-state index in [0.29, 0.717) is 12.6 Å². The fourth-order valence-corrected chi connectivity index (χ4v) is 3.22. The third-order valence-corrected chi connectivity index (χ3v) is 4.55. The minimum Gasteiger partial charge on any atom is -0.308 e. The summed E-state index contributed by atoms with van der Waals surface area (Å²) in [5.41, 5.74) is 2.03. The molecule has 0 radical (unpaired) electrons. The van der Waals surface area contributed by atoms with Crippen molar-refractivity contribution in [3.8, 4) is 0 Å². The van der Waals surface area contributed by atoms with Gasteiger partial charge in [0.05, 0.1) is 12.1 Å². The highest BCUT2D eigenvalue weighted by atomic mass is 35.5. The lowest BCUT2D eigenvalue weighted by atomic mass is 10.1. The molecule has 0 fully saturated rings. The molecule has 0 saturated heterocycles. The maximum atomic E-state index is 6.38. The van der Waals surface area contributed by atoms with Gasteiger partial charge in [-0.25, -0.2) is 9.67 Å². The van der Waals surface area contributed by atoms with E-state index in [2.05, 4.69) is 26.4 Å². The van der Waals surface area contributed by atoms with Crippen molar-refractivity contribution >= 4 is 22.5 Å². The Hall–Kier alpha value is -1.98. The van der Waals surface area contributed by atoms with Crippen LogP contribution in [0.3, 0.4) is 0 Å². The number of fused-ring (bicyclic) bond motifs is 2. The molecule has 4 rings (SSSR count). The molecule has 0 aliphatic carbocycles. The molecule has 2 aromatic heterocycles. The quantitative estimate of drug-likeness (QED) is 0.807. The molecule has 0 amide bonds. The van der Waals surface area contributed by atoms with Gasteiger partial charge < -0.3 is 5.32 Å². The van der Waals surface area contributed by atoms with Crippen molar-refractivity contribution in [1.82, 2.24) is 25.1 Å². The van der Waals surface area contributed by atoms with Crippen molar-refractivity contribution in [2.75, 3.05) is 0 Å². The first-order valence-corrected chi connectivity index (χ1v) is 7.81. The lowest BCUT2D eigenvalue weighted by Gasteiger charge is -2.24. The summed E-state index contributed by atoms with van der Waals surface area (Å²) in [7, 11) is 0. The maximum Gasteiger partial charge on any atom is 0.138 e. The summed E-state index contributed by atoms with van der Waals surface area (Å²) in [4.78, 5) is 8.74. The molecular weight excluding hydrogens is 298 g/mol. The molecule has 6 heteroatoms. The van der Waals surface area contributed by atoms with Gasteiger partial charge in [-0.2, -0.15) is 5.10 Å². The Balaban J connectivity index is 1.54. The van der Waals surface area contributed by atoms with Crippen LogP contribution in [0.15, 0.2) is 36.8 Å². The van der Waals surface area contributed by atoms with E-state index in [0.717, 1.165) is 46.7 Å². The molecule has 0 unspecified atom stereocenters. The van der Waals surface area contributed by atoms with Crippen molar-refractivity contribution in [3.05, 3.63) is 53.2 Å². The largest absolute Gasteiger partial charge is 0.308 e. The molecule has 3 heterocycles. The van der Waals surface area contributed by atoms with Crippen molar-refractivity contribution in [2.24, 2.45) is 0 Å². The zero-order valence-electron chi connectivity index (χ0n) is 12.0. The van der Waals surface area contributed by atoms with Crippen molar-refractivity contribution in [3.63, 3.8) is 0 Å². The Bertz CT molecular complexity index is 813. The summed E-state index contributed by atoms with van der Waals surface area (Å²) in [5, 5.41) is 9.72. The lowest BCUT2D eigenvalue weighted by molar-refractivity contribution is 0.358. The number of aromatic nitrogens is 4. The van der Waals surface area contributed by atoms with Gasteiger partial charge in [-0.15, -0.1) is 0 Å². The van der Waals surface area contributed by atoms with Crippen molar-refractivity contribution in [2.45, 2.75) is 32.0 Å². The van der Waals surface area contributed by atoms with E-state index in [1.165, 1.54) is 0 Å². The molecule has 112 valence electrons. The first-order chi connectivity index (χ1) is 10.8. The summed E-state index contributed by atoms with van der Waals surface area (Å²) in [6.07, 6.45) is 5.46. The van der Waals surface area contributed by atoms with Crippen LogP contribution in [-0.4, -0.2) is 25.8 Å². The number of aryl methyl sites for hydroxylation is 1. The topological polar surface area (TPSA) is 55.6 Å². The Labute approximate surface area is 133 Å². The summed E-state index contributed by atoms with van der Waals surface area (Å²) >= 11 is 6.38. The van der Waals surface area contributed by atoms with Crippen molar-refractivity contribution in [1.29, 1.82) is 0 Å². The predicted octanol–water partition coefficient (Wildman–Crippen LogP) is 2.58. The smallest absolute Gasteiger partial charge is 0.138 e. The lowest BCUT2D eigenvalue weighted by Crippen LogP contribution is -2.37. The minimum absolute atomic E-state index is 0.379. The molecular formula is C16H16ClN5. The van der Waals surface area contributed by atoms with Gasteiger partial charge in [-0.3, -0.25) is 4.98 Å². The van der Waals surface area contributed by atoms with Gasteiger partial charge in [0, 0.05) is 41.2 Å². The molecule has 5 nitrogen and oxygen atoms in total. The Morgan fingerprint density at radius 3 is 3.18 bits per heavy atom. The van der Waals surface area contributed by atoms with Crippen LogP contribution in [0.4, 0.5) is 0 Å². The van der Waals surface area contributed by atoms with Gasteiger partial charge in [-0.05, 0) is 18.6 Å². The number of nitrogens with one attached hydrogen (secondary N) is 1. The van der Waals surface area contributed by atoms with Gasteiger partial charge in [0.1, 0.15) is 12.2 Å². The molecule has 1 aliphatic heterocycles. The van der Waals surface area contributed by atoms with Crippen LogP contribution in [0.2, 0.25) is 5.02 Å². The third-order valence-electron chi connectivity index (χ3n) is 4.20. The monoisotopic (exact) mass is 313 g/mol. The minimum atomic E-state index is 0.379. The molecule has 1 atom stereocenters. The van der Waals surface area contributed by atoms with E-state index in [1.807, 2.05) is 29.1 Å². The van der Waals surface area contributed by atoms with Crippen LogP contribution in [0.1, 0.15) is 17.8 Å². The average Bonchev–Trinajstić information content (AvgIpc) is 3.01. The molecule has 1 N–H and O–H groups in total. The Kier molecular flexibility index (Phi) is 3.52. The van der Waals surface area contributed by atoms with Gasteiger partial charge in [-0.1, -0.05) is 23.7 Å². The molecule has 3 aromatic rings. The molecule has 22 heavy (non-hydrogen) atoms. The van der Waals surface area contributed by atoms with E-state index >= 15 is 0 Å². The van der Waals surface area contributed by atoms with Crippen LogP contribution in [-0.2, 0) is 19.5 Å². The van der Waals surface area contributed by atoms with E-state index in [-0.39, 0.29) is 0 Å². The van der Waals surface area contributed by atoms with Crippen LogP contribution in [0.5, 0.6) is 0 Å². The van der Waals surface area contributed by atoms with Gasteiger partial charge >= 0.3 is 0 Å². The highest BCUT2D eigenvalue weighted by molar-refractivity contribution is 6.32. The fraction of sp³-hybridized carbons (Fsp3) is 0.312. The van der Waals surface area contributed by atoms with E-state index in [1.54, 1.807) is 6.33 Å². The highest BCUT2D eigenvalue weighted by Crippen LogP contribution is 2.24. The predicted molar refractivity (Wildman–Crippen MR) is 85.7 cm³/mol. The third kappa shape index (κ3) is 2.46. The second kappa shape index (κ2) is 5.66. The molecule has 0 saturated carbocycles. The van der Waals surface area contributed by atoms with Crippen LogP contribution in [0, 0.1) is 0 Å². The number of rotatable bonds is 3. The molecule has 0 bridgehead atoms. The number of halogens is 1. The summed E-state index contributed by atoms with van der Waals surface area (Å²) in [6.45, 7) is 1.56. The summed E-state index contributed by atoms with van der Waals surface area (Å²) < 4.78 is 1.98. The SMILES string of the molecule is Clc1ccc2cccnc2c1CN[C@H]1CCc2ncnn2C1. The highest BCUT2D eigenvalue weighted by Gasteiger charge is 2.20. The maximum absolute atomic E-state index is 6.38. The van der Waals surface area contributed by atoms with Crippen LogP contribution >= 0.6 is 11.6 Å². The Morgan fingerprint density at radius 2 is 2.23 bits per heavy atom. The zero-order valence-corrected chi connectivity index (χ0v) is 12.8. The standard InChI is InChI=1S/C16H16ClN5/c17-14-5-3-11-2-1-7-18-16(11)13(14)8-19-12-4-6-15-20-10-21-22(15)9-12/h1-3,5,7,10,12,19H,4,6,8-9H2/t12-/m0/s1. The van der Waals surface area contributed by atoms with Gasteiger partial charge in [0.15, 0.2) is 0 Å². The normalized spacial score (nSPS) is 17.6. The summed E-state index contributed by atoms with van der Waals surface area (Å²) in [6, 6.07) is 8.34. The summed E-state index contributed by atoms with van der Waals surface area (Å²) in [5.74, 6) is 1.07. The number of nitrogens with zero attached hydrogens (tertiary/aromatic N) is 4. The van der Waals surface area contributed by atoms with Crippen LogP contribution in [0.25, 0.3) is 10.9 Å². The number of hydrogen-bond donors (Lipinski definition) is 1. The first-order valence-electron chi connectivity index (χ1n) is 7.43. The fourth-order valence-electron chi connectivity index (χ4n) is 3.00. The van der Waals surface area contributed by atoms with Crippen LogP contribution < -0.4 is 5.32 Å². The number of hydrogen-bond acceptors (Lipinski definition) is 4. The molecule has 0 spiro atoms. The number of pyridine rings is 1. The second-order valence-electron chi connectivity index (χ2n) is 5.58.